The van der Waals surface area contributed by atoms with Gasteiger partial charge in [0.05, 0.1) is 6.26 Å². The molecule has 0 aromatic rings. The molecular formula is C17H30N2O3S. The van der Waals surface area contributed by atoms with Crippen molar-refractivity contribution in [1.29, 1.82) is 0 Å². The van der Waals surface area contributed by atoms with Crippen LogP contribution in [0.15, 0.2) is 0 Å². The van der Waals surface area contributed by atoms with Gasteiger partial charge in [0, 0.05) is 25.6 Å². The zero-order valence-electron chi connectivity index (χ0n) is 14.2. The van der Waals surface area contributed by atoms with Gasteiger partial charge in [0.1, 0.15) is 0 Å². The van der Waals surface area contributed by atoms with Gasteiger partial charge in [-0.3, -0.25) is 4.79 Å². The van der Waals surface area contributed by atoms with Gasteiger partial charge in [-0.2, -0.15) is 0 Å². The zero-order chi connectivity index (χ0) is 16.4. The van der Waals surface area contributed by atoms with Gasteiger partial charge in [0.2, 0.25) is 15.9 Å². The summed E-state index contributed by atoms with van der Waals surface area (Å²) in [5.74, 6) is 2.57. The topological polar surface area (TPSA) is 66.5 Å². The number of sulfonamides is 1. The maximum absolute atomic E-state index is 12.3. The Labute approximate surface area is 140 Å². The molecule has 0 unspecified atom stereocenters. The van der Waals surface area contributed by atoms with Crippen LogP contribution in [0.4, 0.5) is 0 Å². The Balaban J connectivity index is 1.36. The minimum atomic E-state index is -3.11. The second-order valence-electron chi connectivity index (χ2n) is 7.74. The number of piperidine rings is 1. The summed E-state index contributed by atoms with van der Waals surface area (Å²) < 4.78 is 24.5. The summed E-state index contributed by atoms with van der Waals surface area (Å²) in [6.45, 7) is 1.78. The van der Waals surface area contributed by atoms with E-state index in [1.54, 1.807) is 0 Å². The van der Waals surface area contributed by atoms with Crippen LogP contribution in [0.3, 0.4) is 0 Å². The molecular weight excluding hydrogens is 312 g/mol. The largest absolute Gasteiger partial charge is 0.356 e. The number of hydrogen-bond acceptors (Lipinski definition) is 3. The van der Waals surface area contributed by atoms with Crippen LogP contribution in [0.2, 0.25) is 0 Å². The number of amides is 1. The van der Waals surface area contributed by atoms with Crippen molar-refractivity contribution < 1.29 is 13.2 Å². The van der Waals surface area contributed by atoms with Crippen LogP contribution in [0.1, 0.15) is 51.4 Å². The maximum Gasteiger partial charge on any atom is 0.223 e. The fourth-order valence-corrected chi connectivity index (χ4v) is 5.35. The summed E-state index contributed by atoms with van der Waals surface area (Å²) in [5.41, 5.74) is 0. The molecule has 1 aliphatic heterocycles. The zero-order valence-corrected chi connectivity index (χ0v) is 15.0. The molecule has 2 aliphatic carbocycles. The highest BCUT2D eigenvalue weighted by Crippen LogP contribution is 2.48. The van der Waals surface area contributed by atoms with Crippen molar-refractivity contribution in [2.75, 3.05) is 25.9 Å². The first-order chi connectivity index (χ1) is 10.9. The van der Waals surface area contributed by atoms with Gasteiger partial charge in [-0.1, -0.05) is 32.1 Å². The molecule has 132 valence electrons. The molecule has 2 atom stereocenters. The molecule has 0 radical (unpaired) electrons. The fraction of sp³-hybridized carbons (Fsp3) is 0.941. The average molecular weight is 343 g/mol. The first-order valence-corrected chi connectivity index (χ1v) is 11.0. The van der Waals surface area contributed by atoms with Crippen LogP contribution in [0, 0.1) is 23.7 Å². The maximum atomic E-state index is 12.3. The molecule has 3 fully saturated rings. The molecule has 1 amide bonds. The van der Waals surface area contributed by atoms with Crippen molar-refractivity contribution in [3.05, 3.63) is 0 Å². The SMILES string of the molecule is CS(=O)(=O)N1CCC(C(=O)NC[C@H]2C[C@@H]2C2CCCCC2)CC1. The highest BCUT2D eigenvalue weighted by Gasteiger charge is 2.43. The normalized spacial score (nSPS) is 31.0. The number of carbonyl (C=O) groups excluding carboxylic acids is 1. The van der Waals surface area contributed by atoms with E-state index in [0.717, 1.165) is 18.4 Å². The van der Waals surface area contributed by atoms with E-state index in [9.17, 15) is 13.2 Å². The number of hydrogen-bond donors (Lipinski definition) is 1. The van der Waals surface area contributed by atoms with Crippen LogP contribution in [0.25, 0.3) is 0 Å². The number of carbonyl (C=O) groups is 1. The Hall–Kier alpha value is -0.620. The van der Waals surface area contributed by atoms with Crippen LogP contribution >= 0.6 is 0 Å². The lowest BCUT2D eigenvalue weighted by Crippen LogP contribution is -2.43. The number of nitrogens with one attached hydrogen (secondary N) is 1. The van der Waals surface area contributed by atoms with Gasteiger partial charge < -0.3 is 5.32 Å². The van der Waals surface area contributed by atoms with Gasteiger partial charge in [-0.15, -0.1) is 0 Å². The lowest BCUT2D eigenvalue weighted by molar-refractivity contribution is -0.126. The van der Waals surface area contributed by atoms with E-state index in [4.69, 9.17) is 0 Å². The summed E-state index contributed by atoms with van der Waals surface area (Å²) in [6.07, 6.45) is 10.8. The van der Waals surface area contributed by atoms with Gasteiger partial charge in [-0.05, 0) is 37.0 Å². The number of rotatable bonds is 5. The summed E-state index contributed by atoms with van der Waals surface area (Å²) in [5, 5.41) is 3.13. The minimum absolute atomic E-state index is 0.0140. The van der Waals surface area contributed by atoms with Crippen molar-refractivity contribution in [3.8, 4) is 0 Å². The van der Waals surface area contributed by atoms with Crippen molar-refractivity contribution in [2.45, 2.75) is 51.4 Å². The molecule has 23 heavy (non-hydrogen) atoms. The minimum Gasteiger partial charge on any atom is -0.356 e. The lowest BCUT2D eigenvalue weighted by Gasteiger charge is -2.29. The summed E-state index contributed by atoms with van der Waals surface area (Å²) in [4.78, 5) is 12.3. The van der Waals surface area contributed by atoms with Gasteiger partial charge >= 0.3 is 0 Å². The summed E-state index contributed by atoms with van der Waals surface area (Å²) in [6, 6.07) is 0. The third kappa shape index (κ3) is 4.47. The van der Waals surface area contributed by atoms with Crippen molar-refractivity contribution in [3.63, 3.8) is 0 Å². The summed E-state index contributed by atoms with van der Waals surface area (Å²) >= 11 is 0. The molecule has 0 aromatic carbocycles. The van der Waals surface area contributed by atoms with E-state index in [-0.39, 0.29) is 11.8 Å². The van der Waals surface area contributed by atoms with Gasteiger partial charge in [0.25, 0.3) is 0 Å². The van der Waals surface area contributed by atoms with E-state index in [1.807, 2.05) is 0 Å². The smallest absolute Gasteiger partial charge is 0.223 e. The van der Waals surface area contributed by atoms with Crippen molar-refractivity contribution >= 4 is 15.9 Å². The second kappa shape index (κ2) is 7.09. The van der Waals surface area contributed by atoms with Crippen LogP contribution in [-0.4, -0.2) is 44.5 Å². The predicted octanol–water partition coefficient (Wildman–Crippen LogP) is 1.99. The summed E-state index contributed by atoms with van der Waals surface area (Å²) in [7, 11) is -3.11. The molecule has 2 saturated carbocycles. The molecule has 1 heterocycles. The Bertz CT molecular complexity index is 520. The fourth-order valence-electron chi connectivity index (χ4n) is 4.47. The van der Waals surface area contributed by atoms with E-state index in [0.29, 0.717) is 31.8 Å². The molecule has 1 saturated heterocycles. The van der Waals surface area contributed by atoms with E-state index >= 15 is 0 Å². The molecule has 6 heteroatoms. The van der Waals surface area contributed by atoms with Gasteiger partial charge in [-0.25, -0.2) is 12.7 Å². The molecule has 0 aromatic heterocycles. The quantitative estimate of drug-likeness (QED) is 0.831. The highest BCUT2D eigenvalue weighted by atomic mass is 32.2. The van der Waals surface area contributed by atoms with Crippen molar-refractivity contribution in [2.24, 2.45) is 23.7 Å². The van der Waals surface area contributed by atoms with Crippen molar-refractivity contribution in [1.82, 2.24) is 9.62 Å². The van der Waals surface area contributed by atoms with E-state index in [1.165, 1.54) is 49.1 Å². The average Bonchev–Trinajstić information content (AvgIpc) is 3.32. The molecule has 0 spiro atoms. The second-order valence-corrected chi connectivity index (χ2v) is 9.72. The van der Waals surface area contributed by atoms with Crippen LogP contribution < -0.4 is 5.32 Å². The Kier molecular flexibility index (Phi) is 5.31. The standard InChI is InChI=1S/C17H30N2O3S/c1-23(21,22)19-9-7-14(8-10-19)17(20)18-12-15-11-16(15)13-5-3-2-4-6-13/h13-16H,2-12H2,1H3,(H,18,20)/t15-,16-/m1/s1. The Morgan fingerprint density at radius 3 is 2.35 bits per heavy atom. The molecule has 5 nitrogen and oxygen atoms in total. The van der Waals surface area contributed by atoms with Crippen LogP contribution in [-0.2, 0) is 14.8 Å². The number of nitrogens with zero attached hydrogens (tertiary/aromatic N) is 1. The predicted molar refractivity (Wildman–Crippen MR) is 90.3 cm³/mol. The first-order valence-electron chi connectivity index (χ1n) is 9.18. The third-order valence-corrected chi connectivity index (χ3v) is 7.37. The molecule has 3 rings (SSSR count). The molecule has 0 bridgehead atoms. The first kappa shape index (κ1) is 17.2. The van der Waals surface area contributed by atoms with E-state index < -0.39 is 10.0 Å². The Morgan fingerprint density at radius 2 is 1.74 bits per heavy atom. The van der Waals surface area contributed by atoms with Gasteiger partial charge in [0.15, 0.2) is 0 Å². The van der Waals surface area contributed by atoms with Crippen LogP contribution in [0.5, 0.6) is 0 Å². The monoisotopic (exact) mass is 342 g/mol. The highest BCUT2D eigenvalue weighted by molar-refractivity contribution is 7.88. The lowest BCUT2D eigenvalue weighted by atomic mass is 9.85. The third-order valence-electron chi connectivity index (χ3n) is 6.06. The molecule has 1 N–H and O–H groups in total. The van der Waals surface area contributed by atoms with E-state index in [2.05, 4.69) is 5.32 Å². The molecule has 3 aliphatic rings. The Morgan fingerprint density at radius 1 is 1.09 bits per heavy atom.